The van der Waals surface area contributed by atoms with E-state index in [2.05, 4.69) is 82.3 Å². The van der Waals surface area contributed by atoms with Crippen LogP contribution in [0.3, 0.4) is 0 Å². The summed E-state index contributed by atoms with van der Waals surface area (Å²) in [6.07, 6.45) is 4.14. The van der Waals surface area contributed by atoms with Crippen LogP contribution in [0.5, 0.6) is 0 Å². The summed E-state index contributed by atoms with van der Waals surface area (Å²) in [5.74, 6) is 0.574. The molecule has 0 aliphatic rings. The Hall–Kier alpha value is -3.27. The number of para-hydroxylation sites is 1. The molecule has 5 heteroatoms. The van der Waals surface area contributed by atoms with Gasteiger partial charge in [-0.15, -0.1) is 17.7 Å². The molecule has 5 aromatic rings. The predicted molar refractivity (Wildman–Crippen MR) is 148 cm³/mol. The maximum absolute atomic E-state index is 10.0. The second-order valence-electron chi connectivity index (χ2n) is 9.83. The Balaban J connectivity index is 0.000000422. The molecule has 2 aromatic heterocycles. The first kappa shape index (κ1) is 28.3. The normalized spacial score (nSPS) is 11.5. The second kappa shape index (κ2) is 11.9. The smallest absolute Gasteiger partial charge is 0.155 e. The second-order valence-corrected chi connectivity index (χ2v) is 9.83. The summed E-state index contributed by atoms with van der Waals surface area (Å²) in [4.78, 5) is 14.8. The van der Waals surface area contributed by atoms with Crippen molar-refractivity contribution in [2.45, 2.75) is 48.0 Å². The van der Waals surface area contributed by atoms with Crippen LogP contribution in [0.4, 0.5) is 0 Å². The number of fused-ring (bicyclic) bond motifs is 4. The van der Waals surface area contributed by atoms with Crippen molar-refractivity contribution in [3.05, 3.63) is 89.3 Å². The minimum Gasteiger partial charge on any atom is -0.512 e. The molecule has 0 spiro atoms. The van der Waals surface area contributed by atoms with Crippen LogP contribution < -0.4 is 0 Å². The van der Waals surface area contributed by atoms with E-state index < -0.39 is 0 Å². The molecule has 0 bridgehead atoms. The summed E-state index contributed by atoms with van der Waals surface area (Å²) in [5, 5.41) is 13.0. The quantitative estimate of drug-likeness (QED) is 0.118. The molecular weight excluding hydrogens is 639 g/mol. The average Bonchev–Trinajstić information content (AvgIpc) is 3.17. The number of aryl methyl sites for hydroxylation is 2. The molecule has 0 amide bonds. The van der Waals surface area contributed by atoms with Gasteiger partial charge >= 0.3 is 0 Å². The van der Waals surface area contributed by atoms with Crippen LogP contribution in [-0.4, -0.2) is 15.9 Å². The summed E-state index contributed by atoms with van der Waals surface area (Å²) in [5.41, 5.74) is 7.29. The van der Waals surface area contributed by atoms with Gasteiger partial charge in [-0.05, 0) is 66.8 Å². The predicted octanol–water partition coefficient (Wildman–Crippen LogP) is 8.45. The van der Waals surface area contributed by atoms with E-state index in [0.717, 1.165) is 56.1 Å². The van der Waals surface area contributed by atoms with Crippen LogP contribution in [0.25, 0.3) is 44.0 Å². The number of aromatic nitrogens is 1. The van der Waals surface area contributed by atoms with Gasteiger partial charge in [0, 0.05) is 37.8 Å². The molecule has 0 saturated heterocycles. The Bertz CT molecular complexity index is 1610. The van der Waals surface area contributed by atoms with Crippen molar-refractivity contribution >= 4 is 38.5 Å². The number of rotatable bonds is 4. The number of pyridine rings is 1. The zero-order valence-corrected chi connectivity index (χ0v) is 24.5. The summed E-state index contributed by atoms with van der Waals surface area (Å²) >= 11 is 0. The van der Waals surface area contributed by atoms with Gasteiger partial charge in [0.1, 0.15) is 5.58 Å². The summed E-state index contributed by atoms with van der Waals surface area (Å²) in [6.45, 7) is 11.5. The van der Waals surface area contributed by atoms with Crippen molar-refractivity contribution < 1.29 is 34.4 Å². The number of aliphatic hydroxyl groups excluding tert-OH is 1. The van der Waals surface area contributed by atoms with E-state index in [1.54, 1.807) is 0 Å². The molecule has 0 atom stereocenters. The molecule has 193 valence electrons. The molecule has 2 heterocycles. The molecule has 0 aliphatic carbocycles. The Labute approximate surface area is 231 Å². The van der Waals surface area contributed by atoms with E-state index in [4.69, 9.17) is 14.5 Å². The zero-order chi connectivity index (χ0) is 26.0. The zero-order valence-electron chi connectivity index (χ0n) is 22.1. The van der Waals surface area contributed by atoms with Crippen molar-refractivity contribution in [2.75, 3.05) is 0 Å². The van der Waals surface area contributed by atoms with Gasteiger partial charge in [-0.1, -0.05) is 68.1 Å². The van der Waals surface area contributed by atoms with Crippen molar-refractivity contribution in [3.8, 4) is 11.3 Å². The number of carbonyl (C=O) groups is 1. The number of allylic oxidation sites excluding steroid dienone is 2. The fourth-order valence-corrected chi connectivity index (χ4v) is 4.60. The molecule has 0 unspecified atom stereocenters. The molecule has 37 heavy (non-hydrogen) atoms. The van der Waals surface area contributed by atoms with Crippen LogP contribution in [0.2, 0.25) is 0 Å². The number of nitrogens with zero attached hydrogens (tertiary/aromatic N) is 1. The van der Waals surface area contributed by atoms with Crippen LogP contribution in [0.15, 0.2) is 71.0 Å². The fraction of sp³-hybridized carbons (Fsp3) is 0.250. The van der Waals surface area contributed by atoms with Crippen LogP contribution >= 0.6 is 0 Å². The topological polar surface area (TPSA) is 63.3 Å². The molecule has 1 N–H and O–H groups in total. The Morgan fingerprint density at radius 1 is 1.03 bits per heavy atom. The summed E-state index contributed by atoms with van der Waals surface area (Å²) in [6, 6.07) is 20.8. The van der Waals surface area contributed by atoms with E-state index in [9.17, 15) is 4.79 Å². The monoisotopic (exact) mass is 671 g/mol. The Morgan fingerprint density at radius 2 is 1.78 bits per heavy atom. The fourth-order valence-electron chi connectivity index (χ4n) is 4.60. The van der Waals surface area contributed by atoms with Crippen molar-refractivity contribution in [1.82, 2.24) is 4.98 Å². The first-order valence-electron chi connectivity index (χ1n) is 12.2. The van der Waals surface area contributed by atoms with Crippen LogP contribution in [0.1, 0.15) is 44.4 Å². The molecule has 5 rings (SSSR count). The standard InChI is InChI=1S/C27H24NO.C5H8O2.Ir/c1-16(2)12-19-8-9-21-20(15-19)10-11-28-25(21)24-14-17(3)13-23-22-7-5-6-18(4)26(22)29-27(23)24;1-4(6)3-5(2)7;/h5-11,13,15-16H,12H2,1-4H3;3,6H,1-2H3;/q-1;;/b;4-3-;. The summed E-state index contributed by atoms with van der Waals surface area (Å²) in [7, 11) is 0. The first-order valence-corrected chi connectivity index (χ1v) is 12.2. The minimum absolute atomic E-state index is 0. The SMILES string of the molecule is CC(=O)/C=C(/C)O.Cc1[c-]c(-c2nccc3cc(CC(C)C)ccc23)c2oc3c(C)cccc3c2c1.[Ir]. The number of benzene rings is 3. The van der Waals surface area contributed by atoms with Gasteiger partial charge in [-0.2, -0.15) is 0 Å². The largest absolute Gasteiger partial charge is 0.512 e. The van der Waals surface area contributed by atoms with Gasteiger partial charge in [0.25, 0.3) is 0 Å². The number of aliphatic hydroxyl groups is 1. The van der Waals surface area contributed by atoms with Gasteiger partial charge < -0.3 is 14.5 Å². The van der Waals surface area contributed by atoms with Gasteiger partial charge in [0.2, 0.25) is 0 Å². The Kier molecular flexibility index (Phi) is 9.07. The molecule has 0 fully saturated rings. The third-order valence-electron chi connectivity index (χ3n) is 5.98. The number of hydrogen-bond acceptors (Lipinski definition) is 4. The third kappa shape index (κ3) is 6.36. The van der Waals surface area contributed by atoms with Crippen LogP contribution in [0, 0.1) is 25.8 Å². The first-order chi connectivity index (χ1) is 17.1. The van der Waals surface area contributed by atoms with Crippen molar-refractivity contribution in [3.63, 3.8) is 0 Å². The maximum atomic E-state index is 10.0. The molecule has 4 nitrogen and oxygen atoms in total. The van der Waals surface area contributed by atoms with Gasteiger partial charge in [-0.25, -0.2) is 0 Å². The number of ketones is 1. The third-order valence-corrected chi connectivity index (χ3v) is 5.98. The van der Waals surface area contributed by atoms with E-state index in [-0.39, 0.29) is 31.6 Å². The van der Waals surface area contributed by atoms with Crippen molar-refractivity contribution in [1.29, 1.82) is 0 Å². The number of furan rings is 1. The number of hydrogen-bond donors (Lipinski definition) is 1. The molecule has 3 aromatic carbocycles. The van der Waals surface area contributed by atoms with E-state index in [0.29, 0.717) is 5.92 Å². The molecule has 1 radical (unpaired) electrons. The summed E-state index contributed by atoms with van der Waals surface area (Å²) < 4.78 is 6.38. The Morgan fingerprint density at radius 3 is 2.43 bits per heavy atom. The molecular formula is C32H32IrNO3-. The van der Waals surface area contributed by atoms with Gasteiger partial charge in [-0.3, -0.25) is 4.79 Å². The molecule has 0 saturated carbocycles. The van der Waals surface area contributed by atoms with Crippen LogP contribution in [-0.2, 0) is 31.3 Å². The maximum Gasteiger partial charge on any atom is 0.155 e. The van der Waals surface area contributed by atoms with Gasteiger partial charge in [0.05, 0.1) is 11.3 Å². The number of carbonyl (C=O) groups excluding carboxylic acids is 1. The minimum atomic E-state index is -0.125. The van der Waals surface area contributed by atoms with Gasteiger partial charge in [0.15, 0.2) is 5.78 Å². The van der Waals surface area contributed by atoms with E-state index in [1.807, 2.05) is 6.20 Å². The average molecular weight is 671 g/mol. The van der Waals surface area contributed by atoms with Crippen molar-refractivity contribution in [2.24, 2.45) is 5.92 Å². The molecule has 0 aliphatic heterocycles. The van der Waals surface area contributed by atoms with E-state index >= 15 is 0 Å². The van der Waals surface area contributed by atoms with E-state index in [1.165, 1.54) is 30.9 Å².